The molecule has 1 atom stereocenters. The van der Waals surface area contributed by atoms with Crippen LogP contribution in [0.5, 0.6) is 0 Å². The summed E-state index contributed by atoms with van der Waals surface area (Å²) in [4.78, 5) is 27.0. The molecule has 7 heteroatoms. The molecule has 2 N–H and O–H groups in total. The third-order valence-electron chi connectivity index (χ3n) is 5.39. The van der Waals surface area contributed by atoms with Crippen LogP contribution < -0.4 is 10.6 Å². The first kappa shape index (κ1) is 18.4. The second-order valence-electron chi connectivity index (χ2n) is 7.18. The van der Waals surface area contributed by atoms with Crippen molar-refractivity contribution in [3.05, 3.63) is 56.7 Å². The van der Waals surface area contributed by atoms with Crippen molar-refractivity contribution in [3.63, 3.8) is 0 Å². The highest BCUT2D eigenvalue weighted by Gasteiger charge is 2.40. The fourth-order valence-corrected chi connectivity index (χ4v) is 4.27. The Morgan fingerprint density at radius 2 is 2.00 bits per heavy atom. The average Bonchev–Trinajstić information content (AvgIpc) is 2.98. The molecule has 0 saturated heterocycles. The molecular weight excluding hydrogens is 385 g/mol. The van der Waals surface area contributed by atoms with E-state index < -0.39 is 6.04 Å². The summed E-state index contributed by atoms with van der Waals surface area (Å²) >= 11 is 12.1. The fraction of sp³-hybridized carbons (Fsp3) is 0.400. The van der Waals surface area contributed by atoms with E-state index in [0.29, 0.717) is 34.4 Å². The number of nitrogens with zero attached hydrogens (tertiary/aromatic N) is 1. The van der Waals surface area contributed by atoms with Gasteiger partial charge in [0.05, 0.1) is 33.9 Å². The predicted molar refractivity (Wildman–Crippen MR) is 106 cm³/mol. The predicted octanol–water partition coefficient (Wildman–Crippen LogP) is 4.33. The number of urea groups is 1. The number of amides is 3. The molecule has 5 nitrogen and oxygen atoms in total. The summed E-state index contributed by atoms with van der Waals surface area (Å²) in [6.45, 7) is 1.11. The number of carbonyl (C=O) groups excluding carboxylic acids is 2. The average molecular weight is 406 g/mol. The van der Waals surface area contributed by atoms with Crippen LogP contribution in [0.1, 0.15) is 43.7 Å². The van der Waals surface area contributed by atoms with E-state index in [4.69, 9.17) is 23.2 Å². The van der Waals surface area contributed by atoms with Crippen LogP contribution in [0, 0.1) is 0 Å². The minimum atomic E-state index is -0.519. The fourth-order valence-electron chi connectivity index (χ4n) is 3.96. The molecule has 2 heterocycles. The zero-order valence-corrected chi connectivity index (χ0v) is 16.4. The number of allylic oxidation sites excluding steroid dienone is 1. The molecule has 142 valence electrons. The van der Waals surface area contributed by atoms with E-state index in [1.54, 1.807) is 18.2 Å². The highest BCUT2D eigenvalue weighted by molar-refractivity contribution is 6.42. The molecule has 0 radical (unpaired) electrons. The van der Waals surface area contributed by atoms with Gasteiger partial charge in [0.2, 0.25) is 0 Å². The van der Waals surface area contributed by atoms with Crippen molar-refractivity contribution in [1.82, 2.24) is 15.5 Å². The Morgan fingerprint density at radius 1 is 1.15 bits per heavy atom. The van der Waals surface area contributed by atoms with Gasteiger partial charge >= 0.3 is 6.03 Å². The number of halogens is 2. The molecule has 3 aliphatic rings. The van der Waals surface area contributed by atoms with Crippen LogP contribution in [0.4, 0.5) is 4.79 Å². The molecule has 3 amide bonds. The summed E-state index contributed by atoms with van der Waals surface area (Å²) < 4.78 is 0. The van der Waals surface area contributed by atoms with Gasteiger partial charge in [-0.25, -0.2) is 4.79 Å². The molecule has 0 spiro atoms. The number of hydrogen-bond donors (Lipinski definition) is 2. The summed E-state index contributed by atoms with van der Waals surface area (Å²) in [5, 5.41) is 6.47. The number of rotatable bonds is 4. The summed E-state index contributed by atoms with van der Waals surface area (Å²) in [6.07, 6.45) is 7.94. The Labute approximate surface area is 168 Å². The second-order valence-corrected chi connectivity index (χ2v) is 8.00. The Hall–Kier alpha value is -1.98. The molecule has 1 aromatic rings. The van der Waals surface area contributed by atoms with E-state index in [-0.39, 0.29) is 11.9 Å². The molecule has 1 aliphatic carbocycles. The van der Waals surface area contributed by atoms with Crippen molar-refractivity contribution in [2.45, 2.75) is 38.1 Å². The number of hydrogen-bond acceptors (Lipinski definition) is 2. The Kier molecular flexibility index (Phi) is 5.15. The summed E-state index contributed by atoms with van der Waals surface area (Å²) in [7, 11) is 0. The zero-order chi connectivity index (χ0) is 19.0. The largest absolute Gasteiger partial charge is 0.333 e. The van der Waals surface area contributed by atoms with Gasteiger partial charge in [-0.2, -0.15) is 0 Å². The first-order valence-electron chi connectivity index (χ1n) is 9.25. The minimum absolute atomic E-state index is 0.0371. The Balaban J connectivity index is 1.54. The number of benzene rings is 1. The van der Waals surface area contributed by atoms with Gasteiger partial charge in [-0.3, -0.25) is 4.79 Å². The second kappa shape index (κ2) is 7.56. The lowest BCUT2D eigenvalue weighted by molar-refractivity contribution is -0.125. The van der Waals surface area contributed by atoms with Crippen molar-refractivity contribution >= 4 is 35.1 Å². The van der Waals surface area contributed by atoms with Gasteiger partial charge in [-0.15, -0.1) is 0 Å². The third-order valence-corrected chi connectivity index (χ3v) is 6.12. The SMILES string of the molecule is O=C1NC2=C(C(=O)N(CCC3=CCCCC3)C2)[C@@H](c2ccc(Cl)c(Cl)c2)N1. The maximum Gasteiger partial charge on any atom is 0.319 e. The smallest absolute Gasteiger partial charge is 0.319 e. The molecule has 0 aromatic heterocycles. The Morgan fingerprint density at radius 3 is 2.74 bits per heavy atom. The van der Waals surface area contributed by atoms with Gasteiger partial charge in [0.25, 0.3) is 5.91 Å². The van der Waals surface area contributed by atoms with E-state index in [0.717, 1.165) is 24.8 Å². The van der Waals surface area contributed by atoms with Gasteiger partial charge in [0.15, 0.2) is 0 Å². The molecule has 2 aliphatic heterocycles. The molecule has 4 rings (SSSR count). The molecule has 0 saturated carbocycles. The van der Waals surface area contributed by atoms with E-state index in [1.165, 1.54) is 18.4 Å². The van der Waals surface area contributed by atoms with Gasteiger partial charge in [0.1, 0.15) is 0 Å². The van der Waals surface area contributed by atoms with Crippen molar-refractivity contribution in [2.75, 3.05) is 13.1 Å². The van der Waals surface area contributed by atoms with Crippen LogP contribution in [0.3, 0.4) is 0 Å². The molecule has 1 aromatic carbocycles. The van der Waals surface area contributed by atoms with E-state index in [2.05, 4.69) is 16.7 Å². The molecule has 0 bridgehead atoms. The van der Waals surface area contributed by atoms with Gasteiger partial charge in [0, 0.05) is 6.54 Å². The molecule has 27 heavy (non-hydrogen) atoms. The minimum Gasteiger partial charge on any atom is -0.333 e. The van der Waals surface area contributed by atoms with Crippen LogP contribution in [0.15, 0.2) is 41.1 Å². The van der Waals surface area contributed by atoms with Gasteiger partial charge < -0.3 is 15.5 Å². The lowest BCUT2D eigenvalue weighted by Gasteiger charge is -2.25. The zero-order valence-electron chi connectivity index (χ0n) is 14.9. The van der Waals surface area contributed by atoms with Crippen LogP contribution in [0.25, 0.3) is 0 Å². The van der Waals surface area contributed by atoms with Crippen molar-refractivity contribution in [2.24, 2.45) is 0 Å². The van der Waals surface area contributed by atoms with Crippen molar-refractivity contribution in [3.8, 4) is 0 Å². The molecule has 0 fully saturated rings. The van der Waals surface area contributed by atoms with E-state index in [1.807, 2.05) is 4.90 Å². The highest BCUT2D eigenvalue weighted by Crippen LogP contribution is 2.35. The van der Waals surface area contributed by atoms with Crippen molar-refractivity contribution in [1.29, 1.82) is 0 Å². The summed E-state index contributed by atoms with van der Waals surface area (Å²) in [6, 6.07) is 4.34. The van der Waals surface area contributed by atoms with Gasteiger partial charge in [-0.1, -0.05) is 40.9 Å². The molecular formula is C20H21Cl2N3O2. The van der Waals surface area contributed by atoms with Gasteiger partial charge in [-0.05, 0) is 49.8 Å². The summed E-state index contributed by atoms with van der Waals surface area (Å²) in [5.74, 6) is -0.0371. The molecule has 0 unspecified atom stereocenters. The maximum absolute atomic E-state index is 13.1. The lowest BCUT2D eigenvalue weighted by Crippen LogP contribution is -2.44. The van der Waals surface area contributed by atoms with Crippen LogP contribution in [-0.2, 0) is 4.79 Å². The quantitative estimate of drug-likeness (QED) is 0.731. The van der Waals surface area contributed by atoms with E-state index in [9.17, 15) is 9.59 Å². The first-order valence-corrected chi connectivity index (χ1v) is 10.0. The third kappa shape index (κ3) is 3.71. The van der Waals surface area contributed by atoms with Crippen LogP contribution in [-0.4, -0.2) is 29.9 Å². The monoisotopic (exact) mass is 405 g/mol. The maximum atomic E-state index is 13.1. The topological polar surface area (TPSA) is 61.4 Å². The first-order chi connectivity index (χ1) is 13.0. The number of nitrogens with one attached hydrogen (secondary N) is 2. The highest BCUT2D eigenvalue weighted by atomic mass is 35.5. The number of carbonyl (C=O) groups is 2. The van der Waals surface area contributed by atoms with Crippen LogP contribution >= 0.6 is 23.2 Å². The Bertz CT molecular complexity index is 863. The summed E-state index contributed by atoms with van der Waals surface area (Å²) in [5.41, 5.74) is 3.45. The standard InChI is InChI=1S/C20H21Cl2N3O2/c21-14-7-6-13(10-15(14)22)18-17-16(23-20(27)24-18)11-25(19(17)26)9-8-12-4-2-1-3-5-12/h4,6-7,10,18H,1-3,5,8-9,11H2,(H2,23,24,27)/t18-/m1/s1. The lowest BCUT2D eigenvalue weighted by atomic mass is 9.96. The van der Waals surface area contributed by atoms with Crippen molar-refractivity contribution < 1.29 is 9.59 Å². The normalized spacial score (nSPS) is 22.4. The van der Waals surface area contributed by atoms with E-state index >= 15 is 0 Å². The van der Waals surface area contributed by atoms with Crippen LogP contribution in [0.2, 0.25) is 10.0 Å².